The van der Waals surface area contributed by atoms with E-state index in [9.17, 15) is 4.79 Å². The summed E-state index contributed by atoms with van der Waals surface area (Å²) in [6.45, 7) is 4.98. The number of nitrogens with zero attached hydrogens (tertiary/aromatic N) is 3. The molecule has 0 aliphatic heterocycles. The first-order chi connectivity index (χ1) is 16.6. The molecule has 0 saturated heterocycles. The standard InChI is InChI=1S/C27H29ClN4O2/c1-3-19(2)34-27(33)23-16-30-26-22(25(23)29-15-14-20-10-6-4-7-11-20)17-31-32(26)18-24(28)21-12-8-5-9-13-21/h4-13,16-17,19,24H,3,14-15,18H2,1-2H3,(H,29,30). The average molecular weight is 477 g/mol. The zero-order valence-corrected chi connectivity index (χ0v) is 20.2. The number of hydrogen-bond acceptors (Lipinski definition) is 5. The summed E-state index contributed by atoms with van der Waals surface area (Å²) < 4.78 is 7.39. The van der Waals surface area contributed by atoms with Crippen molar-refractivity contribution in [1.82, 2.24) is 14.8 Å². The van der Waals surface area contributed by atoms with Gasteiger partial charge < -0.3 is 10.1 Å². The summed E-state index contributed by atoms with van der Waals surface area (Å²) in [4.78, 5) is 17.5. The lowest BCUT2D eigenvalue weighted by molar-refractivity contribution is 0.0335. The van der Waals surface area contributed by atoms with Crippen LogP contribution in [-0.2, 0) is 17.7 Å². The lowest BCUT2D eigenvalue weighted by Crippen LogP contribution is -2.17. The first-order valence-corrected chi connectivity index (χ1v) is 12.0. The second-order valence-electron chi connectivity index (χ2n) is 8.28. The molecule has 0 saturated carbocycles. The molecule has 0 bridgehead atoms. The smallest absolute Gasteiger partial charge is 0.342 e. The Morgan fingerprint density at radius 1 is 1.09 bits per heavy atom. The van der Waals surface area contributed by atoms with Crippen LogP contribution < -0.4 is 5.32 Å². The monoisotopic (exact) mass is 476 g/mol. The molecule has 0 aliphatic rings. The number of pyridine rings is 1. The van der Waals surface area contributed by atoms with Gasteiger partial charge in [0.1, 0.15) is 5.56 Å². The van der Waals surface area contributed by atoms with Crippen molar-refractivity contribution in [3.63, 3.8) is 0 Å². The molecule has 6 nitrogen and oxygen atoms in total. The van der Waals surface area contributed by atoms with E-state index in [-0.39, 0.29) is 11.5 Å². The van der Waals surface area contributed by atoms with Gasteiger partial charge in [0.25, 0.3) is 0 Å². The van der Waals surface area contributed by atoms with E-state index in [1.807, 2.05) is 62.4 Å². The van der Waals surface area contributed by atoms with Gasteiger partial charge in [0.15, 0.2) is 5.65 Å². The van der Waals surface area contributed by atoms with Crippen molar-refractivity contribution in [2.45, 2.75) is 44.7 Å². The van der Waals surface area contributed by atoms with E-state index in [1.54, 1.807) is 17.1 Å². The van der Waals surface area contributed by atoms with E-state index in [0.717, 1.165) is 23.8 Å². The Kier molecular flexibility index (Phi) is 7.80. The van der Waals surface area contributed by atoms with Gasteiger partial charge in [0, 0.05) is 12.7 Å². The molecule has 2 unspecified atom stereocenters. The van der Waals surface area contributed by atoms with Crippen LogP contribution in [0, 0.1) is 0 Å². The van der Waals surface area contributed by atoms with E-state index >= 15 is 0 Å². The van der Waals surface area contributed by atoms with Crippen LogP contribution in [0.15, 0.2) is 73.1 Å². The lowest BCUT2D eigenvalue weighted by Gasteiger charge is -2.16. The van der Waals surface area contributed by atoms with Crippen LogP contribution in [0.1, 0.15) is 47.1 Å². The maximum atomic E-state index is 12.9. The third-order valence-electron chi connectivity index (χ3n) is 5.82. The van der Waals surface area contributed by atoms with Gasteiger partial charge in [0.05, 0.1) is 35.3 Å². The predicted molar refractivity (Wildman–Crippen MR) is 136 cm³/mol. The summed E-state index contributed by atoms with van der Waals surface area (Å²) in [5.41, 5.74) is 4.00. The second kappa shape index (κ2) is 11.2. The van der Waals surface area contributed by atoms with E-state index in [2.05, 4.69) is 27.5 Å². The van der Waals surface area contributed by atoms with Gasteiger partial charge in [-0.3, -0.25) is 0 Å². The number of carbonyl (C=O) groups is 1. The molecule has 0 radical (unpaired) electrons. The minimum atomic E-state index is -0.391. The third-order valence-corrected chi connectivity index (χ3v) is 6.21. The summed E-state index contributed by atoms with van der Waals surface area (Å²) in [6, 6.07) is 20.1. The molecule has 2 aromatic heterocycles. The molecule has 0 spiro atoms. The molecule has 4 rings (SSSR count). The van der Waals surface area contributed by atoms with Gasteiger partial charge in [0.2, 0.25) is 0 Å². The second-order valence-corrected chi connectivity index (χ2v) is 8.80. The number of benzene rings is 2. The number of fused-ring (bicyclic) bond motifs is 1. The quantitative estimate of drug-likeness (QED) is 0.224. The van der Waals surface area contributed by atoms with Crippen molar-refractivity contribution in [3.8, 4) is 0 Å². The largest absolute Gasteiger partial charge is 0.459 e. The Balaban J connectivity index is 1.63. The van der Waals surface area contributed by atoms with E-state index in [0.29, 0.717) is 30.0 Å². The molecule has 4 aromatic rings. The fourth-order valence-electron chi connectivity index (χ4n) is 3.73. The molecule has 7 heteroatoms. The normalized spacial score (nSPS) is 12.9. The minimum Gasteiger partial charge on any atom is -0.459 e. The summed E-state index contributed by atoms with van der Waals surface area (Å²) in [6.07, 6.45) is 4.69. The number of carbonyl (C=O) groups excluding carboxylic acids is 1. The van der Waals surface area contributed by atoms with Crippen molar-refractivity contribution in [2.75, 3.05) is 11.9 Å². The fourth-order valence-corrected chi connectivity index (χ4v) is 4.01. The summed E-state index contributed by atoms with van der Waals surface area (Å²) in [5.74, 6) is -0.391. The zero-order chi connectivity index (χ0) is 23.9. The molecule has 34 heavy (non-hydrogen) atoms. The van der Waals surface area contributed by atoms with E-state index in [1.165, 1.54) is 5.56 Å². The third kappa shape index (κ3) is 5.57. The zero-order valence-electron chi connectivity index (χ0n) is 19.4. The highest BCUT2D eigenvalue weighted by Crippen LogP contribution is 2.29. The fraction of sp³-hybridized carbons (Fsp3) is 0.296. The minimum absolute atomic E-state index is 0.175. The van der Waals surface area contributed by atoms with E-state index in [4.69, 9.17) is 16.3 Å². The first-order valence-electron chi connectivity index (χ1n) is 11.6. The molecule has 176 valence electrons. The average Bonchev–Trinajstić information content (AvgIpc) is 3.28. The molecule has 0 aliphatic carbocycles. The van der Waals surface area contributed by atoms with Crippen molar-refractivity contribution in [3.05, 3.63) is 89.7 Å². The number of alkyl halides is 1. The number of esters is 1. The molecule has 0 amide bonds. The van der Waals surface area contributed by atoms with Crippen molar-refractivity contribution in [2.24, 2.45) is 0 Å². The van der Waals surface area contributed by atoms with Crippen molar-refractivity contribution >= 4 is 34.3 Å². The van der Waals surface area contributed by atoms with Crippen LogP contribution in [0.3, 0.4) is 0 Å². The highest BCUT2D eigenvalue weighted by atomic mass is 35.5. The lowest BCUT2D eigenvalue weighted by atomic mass is 10.1. The Bertz CT molecular complexity index is 1230. The topological polar surface area (TPSA) is 69.0 Å². The summed E-state index contributed by atoms with van der Waals surface area (Å²) >= 11 is 6.67. The Morgan fingerprint density at radius 3 is 2.50 bits per heavy atom. The number of anilines is 1. The number of aromatic nitrogens is 3. The molecular weight excluding hydrogens is 448 g/mol. The molecular formula is C27H29ClN4O2. The van der Waals surface area contributed by atoms with Crippen LogP contribution >= 0.6 is 11.6 Å². The summed E-state index contributed by atoms with van der Waals surface area (Å²) in [5, 5.41) is 8.50. The van der Waals surface area contributed by atoms with Crippen LogP contribution in [0.25, 0.3) is 11.0 Å². The first kappa shape index (κ1) is 23.8. The molecule has 0 fully saturated rings. The number of rotatable bonds is 10. The van der Waals surface area contributed by atoms with Gasteiger partial charge in [-0.1, -0.05) is 67.6 Å². The van der Waals surface area contributed by atoms with Gasteiger partial charge in [-0.2, -0.15) is 5.10 Å². The highest BCUT2D eigenvalue weighted by molar-refractivity contribution is 6.20. The number of hydrogen-bond donors (Lipinski definition) is 1. The number of nitrogens with one attached hydrogen (secondary N) is 1. The molecule has 2 aromatic carbocycles. The Hall–Kier alpha value is -3.38. The molecule has 2 heterocycles. The van der Waals surface area contributed by atoms with E-state index < -0.39 is 5.97 Å². The van der Waals surface area contributed by atoms with Gasteiger partial charge in [-0.25, -0.2) is 14.5 Å². The molecule has 2 atom stereocenters. The highest BCUT2D eigenvalue weighted by Gasteiger charge is 2.21. The summed E-state index contributed by atoms with van der Waals surface area (Å²) in [7, 11) is 0. The number of ether oxygens (including phenoxy) is 1. The predicted octanol–water partition coefficient (Wildman–Crippen LogP) is 6.02. The maximum Gasteiger partial charge on any atom is 0.342 e. The van der Waals surface area contributed by atoms with Crippen LogP contribution in [0.4, 0.5) is 5.69 Å². The SMILES string of the molecule is CCC(C)OC(=O)c1cnc2c(cnn2CC(Cl)c2ccccc2)c1NCCc1ccccc1. The van der Waals surface area contributed by atoms with Crippen LogP contribution in [-0.4, -0.2) is 33.4 Å². The van der Waals surface area contributed by atoms with Gasteiger partial charge >= 0.3 is 5.97 Å². The number of halogens is 1. The van der Waals surface area contributed by atoms with Crippen LogP contribution in [0.2, 0.25) is 0 Å². The maximum absolute atomic E-state index is 12.9. The van der Waals surface area contributed by atoms with Crippen LogP contribution in [0.5, 0.6) is 0 Å². The van der Waals surface area contributed by atoms with Gasteiger partial charge in [-0.15, -0.1) is 11.6 Å². The Labute approximate surface area is 204 Å². The molecule has 1 N–H and O–H groups in total. The van der Waals surface area contributed by atoms with Crippen molar-refractivity contribution in [1.29, 1.82) is 0 Å². The Morgan fingerprint density at radius 2 is 1.79 bits per heavy atom. The van der Waals surface area contributed by atoms with Gasteiger partial charge in [-0.05, 0) is 30.9 Å². The van der Waals surface area contributed by atoms with Crippen molar-refractivity contribution < 1.29 is 9.53 Å².